The summed E-state index contributed by atoms with van der Waals surface area (Å²) in [6.07, 6.45) is 5.93. The summed E-state index contributed by atoms with van der Waals surface area (Å²) in [7, 11) is 0. The Bertz CT molecular complexity index is 1300. The fraction of sp³-hybridized carbons (Fsp3) is 0.562. The van der Waals surface area contributed by atoms with Crippen molar-refractivity contribution in [2.24, 2.45) is 28.6 Å². The monoisotopic (exact) mass is 568 g/mol. The van der Waals surface area contributed by atoms with Crippen LogP contribution in [-0.4, -0.2) is 51.8 Å². The predicted octanol–water partition coefficient (Wildman–Crippen LogP) is 4.99. The van der Waals surface area contributed by atoms with Crippen LogP contribution >= 0.6 is 11.6 Å². The number of carbonyl (C=O) groups excluding carboxylic acids is 4. The van der Waals surface area contributed by atoms with E-state index in [2.05, 4.69) is 0 Å². The van der Waals surface area contributed by atoms with Gasteiger partial charge in [-0.15, -0.1) is 11.6 Å². The average molecular weight is 569 g/mol. The molecule has 8 atom stereocenters. The molecule has 0 saturated heterocycles. The van der Waals surface area contributed by atoms with Gasteiger partial charge in [0.05, 0.1) is 16.5 Å². The average Bonchev–Trinajstić information content (AvgIpc) is 3.15. The maximum absolute atomic E-state index is 14.2. The Morgan fingerprint density at radius 1 is 1.12 bits per heavy atom. The normalized spacial score (nSPS) is 39.9. The van der Waals surface area contributed by atoms with Crippen LogP contribution in [0.15, 0.2) is 54.1 Å². The summed E-state index contributed by atoms with van der Waals surface area (Å²) >= 11 is 7.53. The van der Waals surface area contributed by atoms with Gasteiger partial charge in [0.2, 0.25) is 5.78 Å². The zero-order chi connectivity index (χ0) is 29.1. The lowest BCUT2D eigenvalue weighted by molar-refractivity contribution is -0.202. The van der Waals surface area contributed by atoms with Gasteiger partial charge in [-0.1, -0.05) is 57.5 Å². The summed E-state index contributed by atoms with van der Waals surface area (Å²) in [5.74, 6) is -2.52. The topological polar surface area (TPSA) is 107 Å². The van der Waals surface area contributed by atoms with Gasteiger partial charge in [0.15, 0.2) is 18.0 Å². The van der Waals surface area contributed by atoms with Crippen LogP contribution in [0, 0.1) is 28.6 Å². The van der Waals surface area contributed by atoms with Crippen molar-refractivity contribution in [1.82, 2.24) is 0 Å². The Labute approximate surface area is 239 Å². The van der Waals surface area contributed by atoms with Gasteiger partial charge in [-0.2, -0.15) is 0 Å². The fourth-order valence-electron chi connectivity index (χ4n) is 8.55. The smallest absolute Gasteiger partial charge is 0.338 e. The number of alkyl halides is 1. The molecule has 4 aliphatic carbocycles. The second-order valence-corrected chi connectivity index (χ2v) is 13.0. The van der Waals surface area contributed by atoms with Gasteiger partial charge < -0.3 is 14.6 Å². The molecule has 8 heteroatoms. The van der Waals surface area contributed by atoms with E-state index in [4.69, 9.17) is 21.1 Å². The van der Waals surface area contributed by atoms with Gasteiger partial charge in [0, 0.05) is 23.2 Å². The van der Waals surface area contributed by atoms with Crippen LogP contribution in [0.5, 0.6) is 0 Å². The van der Waals surface area contributed by atoms with E-state index in [-0.39, 0.29) is 30.5 Å². The second kappa shape index (κ2) is 9.95. The number of ether oxygens (including phenoxy) is 2. The summed E-state index contributed by atoms with van der Waals surface area (Å²) in [6, 6.07) is 8.40. The van der Waals surface area contributed by atoms with Crippen LogP contribution < -0.4 is 0 Å². The number of hydrogen-bond acceptors (Lipinski definition) is 7. The Morgan fingerprint density at radius 3 is 2.50 bits per heavy atom. The molecule has 40 heavy (non-hydrogen) atoms. The number of ketones is 2. The van der Waals surface area contributed by atoms with E-state index < -0.39 is 57.7 Å². The van der Waals surface area contributed by atoms with Crippen molar-refractivity contribution in [2.75, 3.05) is 6.61 Å². The van der Waals surface area contributed by atoms with Crippen LogP contribution in [0.25, 0.3) is 0 Å². The minimum absolute atomic E-state index is 0.0722. The van der Waals surface area contributed by atoms with Crippen LogP contribution in [-0.2, 0) is 23.9 Å². The molecule has 0 bridgehead atoms. The molecule has 5 rings (SSSR count). The molecule has 3 saturated carbocycles. The van der Waals surface area contributed by atoms with E-state index in [0.29, 0.717) is 24.8 Å². The molecule has 0 aromatic heterocycles. The van der Waals surface area contributed by atoms with Crippen molar-refractivity contribution in [3.05, 3.63) is 59.7 Å². The number of aliphatic hydroxyl groups is 1. The number of Topliss-reactive ketones (excluding diaryl/α,β-unsaturated/α-hetero) is 1. The lowest BCUT2D eigenvalue weighted by Crippen LogP contribution is -2.69. The maximum Gasteiger partial charge on any atom is 0.338 e. The molecular weight excluding hydrogens is 532 g/mol. The van der Waals surface area contributed by atoms with E-state index in [1.165, 1.54) is 6.08 Å². The Kier molecular flexibility index (Phi) is 7.15. The molecule has 1 aromatic carbocycles. The Hall–Kier alpha value is -2.77. The van der Waals surface area contributed by atoms with Crippen molar-refractivity contribution < 1.29 is 33.8 Å². The van der Waals surface area contributed by atoms with Crippen LogP contribution in [0.4, 0.5) is 0 Å². The first-order chi connectivity index (χ1) is 18.8. The molecule has 3 fully saturated rings. The molecular formula is C32H37ClO7. The summed E-state index contributed by atoms with van der Waals surface area (Å²) in [4.78, 5) is 50.8. The molecule has 4 aliphatic rings. The second-order valence-electron chi connectivity index (χ2n) is 12.3. The molecule has 0 amide bonds. The zero-order valence-electron chi connectivity index (χ0n) is 23.4. The van der Waals surface area contributed by atoms with E-state index in [1.54, 1.807) is 43.3 Å². The van der Waals surface area contributed by atoms with Crippen molar-refractivity contribution in [2.45, 2.75) is 76.4 Å². The Balaban J connectivity index is 1.53. The molecule has 0 spiro atoms. The first kappa shape index (κ1) is 28.7. The van der Waals surface area contributed by atoms with Crippen LogP contribution in [0.1, 0.15) is 70.2 Å². The van der Waals surface area contributed by atoms with E-state index in [1.807, 2.05) is 26.8 Å². The number of rotatable bonds is 6. The molecule has 0 radical (unpaired) electrons. The minimum Gasteiger partial charge on any atom is -0.454 e. The number of fused-ring (bicyclic) bond motifs is 5. The molecule has 0 unspecified atom stereocenters. The highest BCUT2D eigenvalue weighted by molar-refractivity contribution is 6.26. The van der Waals surface area contributed by atoms with Gasteiger partial charge >= 0.3 is 11.9 Å². The lowest BCUT2D eigenvalue weighted by Gasteiger charge is -2.64. The highest BCUT2D eigenvalue weighted by atomic mass is 35.5. The number of aliphatic hydroxyl groups excluding tert-OH is 1. The molecule has 0 aliphatic heterocycles. The largest absolute Gasteiger partial charge is 0.454 e. The van der Waals surface area contributed by atoms with E-state index >= 15 is 0 Å². The SMILES string of the molecule is CCC(=O)O[C@@]1(C(=O)COC(=O)c2ccccc2)[C@H](C)C[C@H]2[C@@H]3CCC4=CC(=O)C=C[C@]4(C)[C@@]3(Cl)[C@@H](O)C[C@@]21C. The zero-order valence-corrected chi connectivity index (χ0v) is 24.2. The van der Waals surface area contributed by atoms with Crippen LogP contribution in [0.2, 0.25) is 0 Å². The lowest BCUT2D eigenvalue weighted by atomic mass is 9.45. The third-order valence-corrected chi connectivity index (χ3v) is 11.4. The summed E-state index contributed by atoms with van der Waals surface area (Å²) < 4.78 is 11.6. The van der Waals surface area contributed by atoms with Gasteiger partial charge in [-0.25, -0.2) is 4.79 Å². The van der Waals surface area contributed by atoms with Crippen molar-refractivity contribution in [3.63, 3.8) is 0 Å². The van der Waals surface area contributed by atoms with Gasteiger partial charge in [-0.3, -0.25) is 14.4 Å². The van der Waals surface area contributed by atoms with Gasteiger partial charge in [0.25, 0.3) is 0 Å². The van der Waals surface area contributed by atoms with Gasteiger partial charge in [0.1, 0.15) is 0 Å². The Morgan fingerprint density at radius 2 is 1.82 bits per heavy atom. The number of hydrogen-bond donors (Lipinski definition) is 1. The van der Waals surface area contributed by atoms with E-state index in [9.17, 15) is 24.3 Å². The number of halogens is 1. The molecule has 1 aromatic rings. The summed E-state index contributed by atoms with van der Waals surface area (Å²) in [5, 5.41) is 11.9. The molecule has 1 N–H and O–H groups in total. The van der Waals surface area contributed by atoms with Crippen LogP contribution in [0.3, 0.4) is 0 Å². The third kappa shape index (κ3) is 3.87. The molecule has 0 heterocycles. The number of benzene rings is 1. The number of carbonyl (C=O) groups is 4. The summed E-state index contributed by atoms with van der Waals surface area (Å²) in [5.41, 5.74) is -2.07. The highest BCUT2D eigenvalue weighted by Gasteiger charge is 2.76. The summed E-state index contributed by atoms with van der Waals surface area (Å²) in [6.45, 7) is 6.89. The third-order valence-electron chi connectivity index (χ3n) is 10.5. The standard InChI is InChI=1S/C32H37ClO7/c1-5-27(37)40-32(26(36)18-39-28(38)20-9-7-6-8-10-20)19(2)15-24-23-12-11-21-16-22(34)13-14-29(21,3)31(23,33)25(35)17-30(24,32)4/h6-10,13-14,16,19,23-25,35H,5,11-12,15,17-18H2,1-4H3/t19-,23+,24+,25+,29+,30+,31+,32-/m1/s1. The van der Waals surface area contributed by atoms with Crippen molar-refractivity contribution in [1.29, 1.82) is 0 Å². The highest BCUT2D eigenvalue weighted by Crippen LogP contribution is 2.72. The van der Waals surface area contributed by atoms with Crippen molar-refractivity contribution >= 4 is 35.1 Å². The predicted molar refractivity (Wildman–Crippen MR) is 148 cm³/mol. The quantitative estimate of drug-likeness (QED) is 0.380. The van der Waals surface area contributed by atoms with Crippen molar-refractivity contribution in [3.8, 4) is 0 Å². The molecule has 7 nitrogen and oxygen atoms in total. The molecule has 214 valence electrons. The fourth-order valence-corrected chi connectivity index (χ4v) is 9.07. The van der Waals surface area contributed by atoms with Gasteiger partial charge in [-0.05, 0) is 61.8 Å². The number of allylic oxidation sites excluding steroid dienone is 4. The first-order valence-corrected chi connectivity index (χ1v) is 14.5. The number of esters is 2. The minimum atomic E-state index is -1.60. The first-order valence-electron chi connectivity index (χ1n) is 14.1. The maximum atomic E-state index is 14.2. The van der Waals surface area contributed by atoms with E-state index in [0.717, 1.165) is 5.57 Å².